The predicted octanol–water partition coefficient (Wildman–Crippen LogP) is 5.22. The Morgan fingerprint density at radius 3 is 2.21 bits per heavy atom. The van der Waals surface area contributed by atoms with Crippen molar-refractivity contribution in [2.24, 2.45) is 0 Å². The molecule has 39 heavy (non-hydrogen) atoms. The molecule has 202 valence electrons. The summed E-state index contributed by atoms with van der Waals surface area (Å²) >= 11 is 0.935. The standard InChI is InChI=1S/C29H28N2O7S/c1-5-16-38-28(35)26-17(4)30-29(39-26)31-23(18-8-12-20(13-9-18)36-6-2)22(25(33)27(31)34)24(32)19-10-14-21(15-11-19)37-7-3/h5,8-15,23,32H,1,6-7,16H2,2-4H3/b24-22-. The van der Waals surface area contributed by atoms with Crippen molar-refractivity contribution in [1.29, 1.82) is 0 Å². The van der Waals surface area contributed by atoms with E-state index in [1.54, 1.807) is 55.5 Å². The Hall–Kier alpha value is -4.44. The smallest absolute Gasteiger partial charge is 0.350 e. The molecule has 9 nitrogen and oxygen atoms in total. The Morgan fingerprint density at radius 2 is 1.64 bits per heavy atom. The molecule has 1 atom stereocenters. The van der Waals surface area contributed by atoms with E-state index in [4.69, 9.17) is 14.2 Å². The monoisotopic (exact) mass is 548 g/mol. The van der Waals surface area contributed by atoms with Crippen molar-refractivity contribution < 1.29 is 33.7 Å². The zero-order valence-corrected chi connectivity index (χ0v) is 22.6. The quantitative estimate of drug-likeness (QED) is 0.121. The second-order valence-electron chi connectivity index (χ2n) is 8.43. The molecule has 0 saturated carbocycles. The molecule has 10 heteroatoms. The highest BCUT2D eigenvalue weighted by Gasteiger charge is 2.48. The van der Waals surface area contributed by atoms with Crippen molar-refractivity contribution in [1.82, 2.24) is 4.98 Å². The van der Waals surface area contributed by atoms with Gasteiger partial charge in [-0.3, -0.25) is 14.5 Å². The zero-order chi connectivity index (χ0) is 28.1. The highest BCUT2D eigenvalue weighted by molar-refractivity contribution is 7.17. The van der Waals surface area contributed by atoms with E-state index in [0.29, 0.717) is 41.5 Å². The Kier molecular flexibility index (Phi) is 8.46. The molecule has 1 aromatic heterocycles. The number of ether oxygens (including phenoxy) is 3. The van der Waals surface area contributed by atoms with Gasteiger partial charge in [0.25, 0.3) is 5.78 Å². The van der Waals surface area contributed by atoms with Crippen LogP contribution in [0.25, 0.3) is 5.76 Å². The fourth-order valence-corrected chi connectivity index (χ4v) is 5.15. The van der Waals surface area contributed by atoms with Crippen LogP contribution in [0.4, 0.5) is 5.13 Å². The molecule has 1 unspecified atom stereocenters. The third kappa shape index (κ3) is 5.56. The Morgan fingerprint density at radius 1 is 1.05 bits per heavy atom. The molecular formula is C29H28N2O7S. The summed E-state index contributed by atoms with van der Waals surface area (Å²) in [5.74, 6) is -1.48. The van der Waals surface area contributed by atoms with Crippen LogP contribution in [-0.2, 0) is 14.3 Å². The number of aryl methyl sites for hydroxylation is 1. The lowest BCUT2D eigenvalue weighted by atomic mass is 9.95. The van der Waals surface area contributed by atoms with E-state index in [0.717, 1.165) is 11.3 Å². The summed E-state index contributed by atoms with van der Waals surface area (Å²) in [6, 6.07) is 12.5. The highest BCUT2D eigenvalue weighted by atomic mass is 32.1. The number of thiazole rings is 1. The number of nitrogens with zero attached hydrogens (tertiary/aromatic N) is 2. The normalized spacial score (nSPS) is 16.3. The molecule has 0 aliphatic carbocycles. The number of amides is 1. The largest absolute Gasteiger partial charge is 0.507 e. The molecule has 0 radical (unpaired) electrons. The SMILES string of the molecule is C=CCOC(=O)c1sc(N2C(=O)C(=O)/C(=C(\O)c3ccc(OCC)cc3)C2c2ccc(OCC)cc2)nc1C. The van der Waals surface area contributed by atoms with Gasteiger partial charge < -0.3 is 19.3 Å². The summed E-state index contributed by atoms with van der Waals surface area (Å²) in [6.45, 7) is 9.84. The molecule has 2 aromatic carbocycles. The second kappa shape index (κ2) is 12.0. The average Bonchev–Trinajstić information content (AvgIpc) is 3.44. The topological polar surface area (TPSA) is 115 Å². The molecule has 0 spiro atoms. The van der Waals surface area contributed by atoms with Gasteiger partial charge in [-0.25, -0.2) is 9.78 Å². The van der Waals surface area contributed by atoms with Crippen molar-refractivity contribution in [3.8, 4) is 11.5 Å². The zero-order valence-electron chi connectivity index (χ0n) is 21.8. The van der Waals surface area contributed by atoms with Gasteiger partial charge in [0, 0.05) is 5.56 Å². The van der Waals surface area contributed by atoms with E-state index >= 15 is 0 Å². The second-order valence-corrected chi connectivity index (χ2v) is 9.40. The van der Waals surface area contributed by atoms with Crippen molar-refractivity contribution in [2.45, 2.75) is 26.8 Å². The maximum absolute atomic E-state index is 13.4. The van der Waals surface area contributed by atoms with Gasteiger partial charge in [0.15, 0.2) is 5.13 Å². The van der Waals surface area contributed by atoms with Crippen LogP contribution in [0.15, 0.2) is 66.8 Å². The Balaban J connectivity index is 1.84. The van der Waals surface area contributed by atoms with E-state index in [2.05, 4.69) is 11.6 Å². The summed E-state index contributed by atoms with van der Waals surface area (Å²) in [5.41, 5.74) is 1.14. The maximum atomic E-state index is 13.4. The molecule has 1 amide bonds. The van der Waals surface area contributed by atoms with Gasteiger partial charge in [-0.1, -0.05) is 36.1 Å². The number of esters is 1. The minimum absolute atomic E-state index is 0.0181. The number of aliphatic hydroxyl groups excluding tert-OH is 1. The van der Waals surface area contributed by atoms with Gasteiger partial charge >= 0.3 is 11.9 Å². The van der Waals surface area contributed by atoms with Crippen LogP contribution >= 0.6 is 11.3 Å². The third-order valence-electron chi connectivity index (χ3n) is 5.90. The highest BCUT2D eigenvalue weighted by Crippen LogP contribution is 2.44. The number of hydrogen-bond donors (Lipinski definition) is 1. The van der Waals surface area contributed by atoms with Gasteiger partial charge in [-0.15, -0.1) is 0 Å². The Labute approximate surface area is 230 Å². The summed E-state index contributed by atoms with van der Waals surface area (Å²) in [4.78, 5) is 45.2. The number of rotatable bonds is 10. The molecule has 1 fully saturated rings. The van der Waals surface area contributed by atoms with E-state index in [9.17, 15) is 19.5 Å². The number of hydrogen-bond acceptors (Lipinski definition) is 9. The molecule has 1 aliphatic heterocycles. The molecule has 4 rings (SSSR count). The van der Waals surface area contributed by atoms with Gasteiger partial charge in [-0.2, -0.15) is 0 Å². The summed E-state index contributed by atoms with van der Waals surface area (Å²) in [5, 5.41) is 11.5. The van der Waals surface area contributed by atoms with Crippen LogP contribution in [-0.4, -0.2) is 47.6 Å². The number of carbonyl (C=O) groups is 3. The van der Waals surface area contributed by atoms with Crippen LogP contribution in [0, 0.1) is 6.92 Å². The summed E-state index contributed by atoms with van der Waals surface area (Å²) < 4.78 is 16.2. The van der Waals surface area contributed by atoms with Crippen molar-refractivity contribution >= 4 is 39.9 Å². The molecule has 0 bridgehead atoms. The van der Waals surface area contributed by atoms with Crippen LogP contribution < -0.4 is 14.4 Å². The van der Waals surface area contributed by atoms with Crippen molar-refractivity contribution in [2.75, 3.05) is 24.7 Å². The molecule has 1 N–H and O–H groups in total. The number of aromatic nitrogens is 1. The van der Waals surface area contributed by atoms with Crippen LogP contribution in [0.1, 0.15) is 46.4 Å². The molecule has 1 saturated heterocycles. The number of anilines is 1. The van der Waals surface area contributed by atoms with Gasteiger partial charge in [0.05, 0.1) is 30.5 Å². The molecular weight excluding hydrogens is 520 g/mol. The number of aliphatic hydroxyl groups is 1. The minimum atomic E-state index is -1.00. The van der Waals surface area contributed by atoms with E-state index in [1.165, 1.54) is 11.0 Å². The lowest BCUT2D eigenvalue weighted by molar-refractivity contribution is -0.132. The van der Waals surface area contributed by atoms with Gasteiger partial charge in [0.2, 0.25) is 0 Å². The lowest BCUT2D eigenvalue weighted by Gasteiger charge is -2.23. The average molecular weight is 549 g/mol. The van der Waals surface area contributed by atoms with Crippen molar-refractivity contribution in [3.63, 3.8) is 0 Å². The molecule has 2 heterocycles. The molecule has 1 aliphatic rings. The third-order valence-corrected chi connectivity index (χ3v) is 7.04. The fourth-order valence-electron chi connectivity index (χ4n) is 4.16. The first-order valence-electron chi connectivity index (χ1n) is 12.3. The predicted molar refractivity (Wildman–Crippen MR) is 147 cm³/mol. The number of benzene rings is 2. The number of ketones is 1. The van der Waals surface area contributed by atoms with E-state index in [-0.39, 0.29) is 27.9 Å². The summed E-state index contributed by atoms with van der Waals surface area (Å²) in [7, 11) is 0. The molecule has 3 aromatic rings. The first-order chi connectivity index (χ1) is 18.8. The van der Waals surface area contributed by atoms with Gasteiger partial charge in [-0.05, 0) is 62.7 Å². The van der Waals surface area contributed by atoms with E-state index < -0.39 is 23.7 Å². The number of Topliss-reactive ketones (excluding diaryl/α,β-unsaturated/α-hetero) is 1. The summed E-state index contributed by atoms with van der Waals surface area (Å²) in [6.07, 6.45) is 1.44. The Bertz CT molecular complexity index is 1420. The first kappa shape index (κ1) is 27.6. The number of carbonyl (C=O) groups excluding carboxylic acids is 3. The van der Waals surface area contributed by atoms with Crippen LogP contribution in [0.3, 0.4) is 0 Å². The van der Waals surface area contributed by atoms with Crippen molar-refractivity contribution in [3.05, 3.63) is 88.5 Å². The van der Waals surface area contributed by atoms with Gasteiger partial charge in [0.1, 0.15) is 28.7 Å². The van der Waals surface area contributed by atoms with Crippen LogP contribution in [0.2, 0.25) is 0 Å². The lowest BCUT2D eigenvalue weighted by Crippen LogP contribution is -2.29. The maximum Gasteiger partial charge on any atom is 0.350 e. The first-order valence-corrected chi connectivity index (χ1v) is 13.1. The van der Waals surface area contributed by atoms with Crippen LogP contribution in [0.5, 0.6) is 11.5 Å². The van der Waals surface area contributed by atoms with E-state index in [1.807, 2.05) is 13.8 Å². The minimum Gasteiger partial charge on any atom is -0.507 e. The fraction of sp³-hybridized carbons (Fsp3) is 0.241.